The molecule has 1 aliphatic heterocycles. The van der Waals surface area contributed by atoms with Crippen molar-refractivity contribution in [2.45, 2.75) is 20.3 Å². The summed E-state index contributed by atoms with van der Waals surface area (Å²) < 4.78 is 2.15. The highest BCUT2D eigenvalue weighted by molar-refractivity contribution is 5.96. The smallest absolute Gasteiger partial charge is 0.255 e. The molecule has 2 heterocycles. The Kier molecular flexibility index (Phi) is 5.58. The van der Waals surface area contributed by atoms with Crippen molar-refractivity contribution in [2.75, 3.05) is 31.1 Å². The molecular weight excluding hydrogens is 372 g/mol. The summed E-state index contributed by atoms with van der Waals surface area (Å²) >= 11 is 0. The molecule has 1 aromatic heterocycles. The van der Waals surface area contributed by atoms with Crippen LogP contribution in [0.4, 0.5) is 5.69 Å². The molecule has 3 aromatic rings. The Bertz CT molecular complexity index is 1080. The van der Waals surface area contributed by atoms with Crippen molar-refractivity contribution in [2.24, 2.45) is 0 Å². The van der Waals surface area contributed by atoms with Crippen molar-refractivity contribution < 1.29 is 4.79 Å². The van der Waals surface area contributed by atoms with E-state index in [1.807, 2.05) is 67.3 Å². The molecule has 0 aliphatic carbocycles. The van der Waals surface area contributed by atoms with Crippen LogP contribution in [0.3, 0.4) is 0 Å². The van der Waals surface area contributed by atoms with Gasteiger partial charge in [0.1, 0.15) is 0 Å². The number of carbonyl (C=O) groups excluding carboxylic acids is 1. The normalized spacial score (nSPS) is 14.3. The molecule has 0 bridgehead atoms. The minimum Gasteiger partial charge on any atom is -0.370 e. The van der Waals surface area contributed by atoms with E-state index in [0.717, 1.165) is 54.4 Å². The molecule has 1 amide bonds. The summed E-state index contributed by atoms with van der Waals surface area (Å²) in [5, 5.41) is 8.99. The fraction of sp³-hybridized carbons (Fsp3) is 0.280. The summed E-state index contributed by atoms with van der Waals surface area (Å²) in [6.45, 7) is 7.20. The highest BCUT2D eigenvalue weighted by Gasteiger charge is 2.24. The van der Waals surface area contributed by atoms with Gasteiger partial charge in [0.2, 0.25) is 0 Å². The molecule has 0 atom stereocenters. The molecule has 5 nitrogen and oxygen atoms in total. The van der Waals surface area contributed by atoms with Gasteiger partial charge in [-0.05, 0) is 62.7 Å². The van der Waals surface area contributed by atoms with Crippen molar-refractivity contribution in [3.8, 4) is 11.8 Å². The van der Waals surface area contributed by atoms with Gasteiger partial charge in [-0.25, -0.2) is 0 Å². The maximum absolute atomic E-state index is 13.4. The SMILES string of the molecule is Cc1cc(C(=O)N2CCCN(c3ccc(C#N)cc3)CC2)c(C)n1-c1ccccc1. The summed E-state index contributed by atoms with van der Waals surface area (Å²) in [5.41, 5.74) is 5.68. The van der Waals surface area contributed by atoms with Crippen LogP contribution in [-0.2, 0) is 0 Å². The molecule has 0 saturated carbocycles. The number of aryl methyl sites for hydroxylation is 1. The standard InChI is InChI=1S/C25H26N4O/c1-19-17-24(20(2)29(19)23-7-4-3-5-8-23)25(30)28-14-6-13-27(15-16-28)22-11-9-21(18-26)10-12-22/h3-5,7-12,17H,6,13-16H2,1-2H3. The van der Waals surface area contributed by atoms with Gasteiger partial charge in [0.15, 0.2) is 0 Å². The van der Waals surface area contributed by atoms with Gasteiger partial charge in [0, 0.05) is 48.9 Å². The molecule has 1 fully saturated rings. The quantitative estimate of drug-likeness (QED) is 0.660. The third-order valence-electron chi connectivity index (χ3n) is 5.82. The molecule has 0 unspecified atom stereocenters. The average Bonchev–Trinajstić information content (AvgIpc) is 2.94. The minimum absolute atomic E-state index is 0.104. The Morgan fingerprint density at radius 2 is 1.63 bits per heavy atom. The van der Waals surface area contributed by atoms with E-state index in [2.05, 4.69) is 27.7 Å². The van der Waals surface area contributed by atoms with Crippen molar-refractivity contribution in [3.63, 3.8) is 0 Å². The van der Waals surface area contributed by atoms with Crippen LogP contribution >= 0.6 is 0 Å². The first-order chi connectivity index (χ1) is 14.6. The molecule has 30 heavy (non-hydrogen) atoms. The second kappa shape index (κ2) is 8.46. The summed E-state index contributed by atoms with van der Waals surface area (Å²) in [4.78, 5) is 17.6. The van der Waals surface area contributed by atoms with Gasteiger partial charge in [-0.1, -0.05) is 18.2 Å². The zero-order valence-corrected chi connectivity index (χ0v) is 17.5. The average molecular weight is 399 g/mol. The van der Waals surface area contributed by atoms with Crippen LogP contribution in [-0.4, -0.2) is 41.6 Å². The molecule has 0 N–H and O–H groups in total. The third kappa shape index (κ3) is 3.81. The molecule has 0 radical (unpaired) electrons. The summed E-state index contributed by atoms with van der Waals surface area (Å²) in [7, 11) is 0. The fourth-order valence-electron chi connectivity index (χ4n) is 4.25. The second-order valence-corrected chi connectivity index (χ2v) is 7.75. The van der Waals surface area contributed by atoms with Gasteiger partial charge in [-0.15, -0.1) is 0 Å². The van der Waals surface area contributed by atoms with Crippen molar-refractivity contribution in [1.82, 2.24) is 9.47 Å². The highest BCUT2D eigenvalue weighted by Crippen LogP contribution is 2.23. The van der Waals surface area contributed by atoms with Crippen molar-refractivity contribution >= 4 is 11.6 Å². The zero-order valence-electron chi connectivity index (χ0n) is 17.5. The van der Waals surface area contributed by atoms with Gasteiger partial charge in [0.25, 0.3) is 5.91 Å². The van der Waals surface area contributed by atoms with Crippen LogP contribution < -0.4 is 4.90 Å². The summed E-state index contributed by atoms with van der Waals surface area (Å²) in [5.74, 6) is 0.104. The molecular formula is C25H26N4O. The topological polar surface area (TPSA) is 52.3 Å². The monoisotopic (exact) mass is 398 g/mol. The Morgan fingerprint density at radius 3 is 2.33 bits per heavy atom. The number of rotatable bonds is 3. The zero-order chi connectivity index (χ0) is 21.1. The number of anilines is 1. The lowest BCUT2D eigenvalue weighted by Crippen LogP contribution is -2.35. The highest BCUT2D eigenvalue weighted by atomic mass is 16.2. The lowest BCUT2D eigenvalue weighted by Gasteiger charge is -2.24. The van der Waals surface area contributed by atoms with Gasteiger partial charge in [0.05, 0.1) is 17.2 Å². The molecule has 4 rings (SSSR count). The van der Waals surface area contributed by atoms with Crippen LogP contribution in [0.2, 0.25) is 0 Å². The molecule has 0 spiro atoms. The number of amides is 1. The molecule has 2 aromatic carbocycles. The van der Waals surface area contributed by atoms with E-state index in [0.29, 0.717) is 12.1 Å². The van der Waals surface area contributed by atoms with Crippen molar-refractivity contribution in [1.29, 1.82) is 5.26 Å². The first-order valence-corrected chi connectivity index (χ1v) is 10.4. The van der Waals surface area contributed by atoms with Gasteiger partial charge in [-0.3, -0.25) is 4.79 Å². The number of aromatic nitrogens is 1. The van der Waals surface area contributed by atoms with E-state index >= 15 is 0 Å². The Hall–Kier alpha value is -3.52. The predicted octanol–water partition coefficient (Wildman–Crippen LogP) is 4.32. The maximum atomic E-state index is 13.4. The number of nitriles is 1. The number of nitrogens with zero attached hydrogens (tertiary/aromatic N) is 4. The Balaban J connectivity index is 1.51. The van der Waals surface area contributed by atoms with Gasteiger partial charge in [-0.2, -0.15) is 5.26 Å². The lowest BCUT2D eigenvalue weighted by molar-refractivity contribution is 0.0766. The first-order valence-electron chi connectivity index (χ1n) is 10.4. The Morgan fingerprint density at radius 1 is 0.900 bits per heavy atom. The van der Waals surface area contributed by atoms with E-state index in [9.17, 15) is 4.79 Å². The molecule has 1 aliphatic rings. The van der Waals surface area contributed by atoms with E-state index in [1.54, 1.807) is 0 Å². The number of carbonyl (C=O) groups is 1. The molecule has 152 valence electrons. The van der Waals surface area contributed by atoms with E-state index in [4.69, 9.17) is 5.26 Å². The van der Waals surface area contributed by atoms with Gasteiger partial charge >= 0.3 is 0 Å². The third-order valence-corrected chi connectivity index (χ3v) is 5.82. The molecule has 1 saturated heterocycles. The fourth-order valence-corrected chi connectivity index (χ4v) is 4.25. The van der Waals surface area contributed by atoms with E-state index in [-0.39, 0.29) is 5.91 Å². The Labute approximate surface area is 177 Å². The van der Waals surface area contributed by atoms with Crippen LogP contribution in [0.25, 0.3) is 5.69 Å². The summed E-state index contributed by atoms with van der Waals surface area (Å²) in [6.07, 6.45) is 0.920. The number of hydrogen-bond donors (Lipinski definition) is 0. The van der Waals surface area contributed by atoms with Gasteiger partial charge < -0.3 is 14.4 Å². The summed E-state index contributed by atoms with van der Waals surface area (Å²) in [6, 6.07) is 22.0. The number of hydrogen-bond acceptors (Lipinski definition) is 3. The van der Waals surface area contributed by atoms with Crippen LogP contribution in [0.15, 0.2) is 60.7 Å². The van der Waals surface area contributed by atoms with Crippen molar-refractivity contribution in [3.05, 3.63) is 83.2 Å². The minimum atomic E-state index is 0.104. The lowest BCUT2D eigenvalue weighted by atomic mass is 10.2. The van der Waals surface area contributed by atoms with Crippen LogP contribution in [0.5, 0.6) is 0 Å². The van der Waals surface area contributed by atoms with E-state index < -0.39 is 0 Å². The number of para-hydroxylation sites is 1. The maximum Gasteiger partial charge on any atom is 0.255 e. The number of benzene rings is 2. The second-order valence-electron chi connectivity index (χ2n) is 7.75. The predicted molar refractivity (Wildman–Crippen MR) is 119 cm³/mol. The first kappa shape index (κ1) is 19.8. The molecule has 5 heteroatoms. The van der Waals surface area contributed by atoms with Crippen LogP contribution in [0, 0.1) is 25.2 Å². The largest absolute Gasteiger partial charge is 0.370 e. The van der Waals surface area contributed by atoms with Crippen LogP contribution in [0.1, 0.15) is 33.7 Å². The van der Waals surface area contributed by atoms with E-state index in [1.165, 1.54) is 0 Å².